The van der Waals surface area contributed by atoms with E-state index in [2.05, 4.69) is 5.32 Å². The van der Waals surface area contributed by atoms with Crippen LogP contribution in [0.5, 0.6) is 0 Å². The van der Waals surface area contributed by atoms with Crippen molar-refractivity contribution in [1.29, 1.82) is 0 Å². The van der Waals surface area contributed by atoms with Gasteiger partial charge >= 0.3 is 0 Å². The SMILES string of the molecule is CCC1C(=O)NC(C2CC2)C(=O)N1CCCC1CC1. The first-order valence-corrected chi connectivity index (χ1v) is 7.81. The average Bonchev–Trinajstić information content (AvgIpc) is 3.26. The monoisotopic (exact) mass is 264 g/mol. The second-order valence-corrected chi connectivity index (χ2v) is 6.36. The lowest BCUT2D eigenvalue weighted by Gasteiger charge is -2.39. The van der Waals surface area contributed by atoms with E-state index in [1.165, 1.54) is 19.3 Å². The van der Waals surface area contributed by atoms with Gasteiger partial charge in [-0.2, -0.15) is 0 Å². The standard InChI is InChI=1S/C15H24N2O2/c1-2-12-14(18)16-13(11-7-8-11)15(19)17(12)9-3-4-10-5-6-10/h10-13H,2-9H2,1H3,(H,16,18). The molecule has 3 rings (SSSR count). The van der Waals surface area contributed by atoms with Gasteiger partial charge in [0, 0.05) is 6.54 Å². The van der Waals surface area contributed by atoms with Crippen molar-refractivity contribution in [3.63, 3.8) is 0 Å². The second-order valence-electron chi connectivity index (χ2n) is 6.36. The van der Waals surface area contributed by atoms with Gasteiger partial charge in [-0.3, -0.25) is 9.59 Å². The molecule has 0 aromatic carbocycles. The zero-order chi connectivity index (χ0) is 13.4. The van der Waals surface area contributed by atoms with Crippen molar-refractivity contribution >= 4 is 11.8 Å². The van der Waals surface area contributed by atoms with Crippen molar-refractivity contribution in [3.8, 4) is 0 Å². The number of amides is 2. The molecule has 1 N–H and O–H groups in total. The summed E-state index contributed by atoms with van der Waals surface area (Å²) < 4.78 is 0. The Balaban J connectivity index is 1.63. The molecule has 1 aliphatic heterocycles. The summed E-state index contributed by atoms with van der Waals surface area (Å²) in [7, 11) is 0. The number of hydrogen-bond acceptors (Lipinski definition) is 2. The first-order valence-electron chi connectivity index (χ1n) is 7.81. The van der Waals surface area contributed by atoms with Crippen LogP contribution >= 0.6 is 0 Å². The Morgan fingerprint density at radius 2 is 1.95 bits per heavy atom. The minimum atomic E-state index is -0.235. The molecule has 4 nitrogen and oxygen atoms in total. The summed E-state index contributed by atoms with van der Waals surface area (Å²) in [6.45, 7) is 2.76. The van der Waals surface area contributed by atoms with Crippen molar-refractivity contribution in [2.75, 3.05) is 6.54 Å². The fourth-order valence-electron chi connectivity index (χ4n) is 3.16. The summed E-state index contributed by atoms with van der Waals surface area (Å²) in [5.41, 5.74) is 0. The molecule has 106 valence electrons. The van der Waals surface area contributed by atoms with E-state index in [1.807, 2.05) is 11.8 Å². The molecule has 0 aromatic heterocycles. The highest BCUT2D eigenvalue weighted by atomic mass is 16.2. The first-order chi connectivity index (χ1) is 9.20. The highest BCUT2D eigenvalue weighted by Crippen LogP contribution is 2.36. The van der Waals surface area contributed by atoms with Crippen molar-refractivity contribution in [1.82, 2.24) is 10.2 Å². The Labute approximate surface area is 114 Å². The zero-order valence-electron chi connectivity index (χ0n) is 11.7. The minimum Gasteiger partial charge on any atom is -0.342 e. The molecular formula is C15H24N2O2. The molecule has 19 heavy (non-hydrogen) atoms. The number of carbonyl (C=O) groups excluding carboxylic acids is 2. The molecule has 2 saturated carbocycles. The van der Waals surface area contributed by atoms with E-state index in [0.29, 0.717) is 5.92 Å². The van der Waals surface area contributed by atoms with Crippen LogP contribution in [0.25, 0.3) is 0 Å². The third-order valence-electron chi connectivity index (χ3n) is 4.71. The Hall–Kier alpha value is -1.06. The Morgan fingerprint density at radius 1 is 1.21 bits per heavy atom. The fraction of sp³-hybridized carbons (Fsp3) is 0.867. The van der Waals surface area contributed by atoms with E-state index in [-0.39, 0.29) is 23.9 Å². The summed E-state index contributed by atoms with van der Waals surface area (Å²) in [4.78, 5) is 26.5. The molecule has 3 fully saturated rings. The summed E-state index contributed by atoms with van der Waals surface area (Å²) >= 11 is 0. The van der Waals surface area contributed by atoms with Gasteiger partial charge in [0.05, 0.1) is 0 Å². The van der Waals surface area contributed by atoms with Gasteiger partial charge in [0.1, 0.15) is 12.1 Å². The van der Waals surface area contributed by atoms with Gasteiger partial charge in [0.2, 0.25) is 11.8 Å². The third kappa shape index (κ3) is 2.77. The topological polar surface area (TPSA) is 49.4 Å². The molecule has 0 aromatic rings. The predicted octanol–water partition coefficient (Wildman–Crippen LogP) is 1.69. The molecule has 1 heterocycles. The quantitative estimate of drug-likeness (QED) is 0.793. The van der Waals surface area contributed by atoms with Crippen LogP contribution in [0.1, 0.15) is 51.9 Å². The van der Waals surface area contributed by atoms with Crippen LogP contribution in [0.4, 0.5) is 0 Å². The van der Waals surface area contributed by atoms with E-state index < -0.39 is 0 Å². The molecule has 4 heteroatoms. The average molecular weight is 264 g/mol. The molecule has 2 amide bonds. The lowest BCUT2D eigenvalue weighted by Crippen LogP contribution is -2.63. The summed E-state index contributed by atoms with van der Waals surface area (Å²) in [5, 5.41) is 2.94. The minimum absolute atomic E-state index is 0.0606. The van der Waals surface area contributed by atoms with E-state index in [4.69, 9.17) is 0 Å². The van der Waals surface area contributed by atoms with Crippen molar-refractivity contribution in [2.24, 2.45) is 11.8 Å². The summed E-state index contributed by atoms with van der Waals surface area (Å²) in [5.74, 6) is 1.53. The van der Waals surface area contributed by atoms with Crippen LogP contribution in [0.3, 0.4) is 0 Å². The van der Waals surface area contributed by atoms with Gasteiger partial charge in [-0.1, -0.05) is 19.8 Å². The van der Waals surface area contributed by atoms with Gasteiger partial charge in [0.15, 0.2) is 0 Å². The molecule has 0 bridgehead atoms. The number of rotatable bonds is 6. The molecule has 2 atom stereocenters. The highest BCUT2D eigenvalue weighted by Gasteiger charge is 2.46. The summed E-state index contributed by atoms with van der Waals surface area (Å²) in [6.07, 6.45) is 7.88. The van der Waals surface area contributed by atoms with Crippen molar-refractivity contribution in [3.05, 3.63) is 0 Å². The maximum Gasteiger partial charge on any atom is 0.246 e. The predicted molar refractivity (Wildman–Crippen MR) is 72.4 cm³/mol. The van der Waals surface area contributed by atoms with Crippen LogP contribution in [0.2, 0.25) is 0 Å². The maximum absolute atomic E-state index is 12.5. The molecule has 0 radical (unpaired) electrons. The molecule has 0 spiro atoms. The lowest BCUT2D eigenvalue weighted by atomic mass is 10.0. The fourth-order valence-corrected chi connectivity index (χ4v) is 3.16. The molecular weight excluding hydrogens is 240 g/mol. The molecule has 2 aliphatic carbocycles. The van der Waals surface area contributed by atoms with E-state index in [9.17, 15) is 9.59 Å². The van der Waals surface area contributed by atoms with Crippen LogP contribution in [-0.2, 0) is 9.59 Å². The summed E-state index contributed by atoms with van der Waals surface area (Å²) in [6, 6.07) is -0.460. The largest absolute Gasteiger partial charge is 0.342 e. The normalized spacial score (nSPS) is 31.5. The highest BCUT2D eigenvalue weighted by molar-refractivity contribution is 5.97. The van der Waals surface area contributed by atoms with Crippen LogP contribution in [0.15, 0.2) is 0 Å². The van der Waals surface area contributed by atoms with E-state index >= 15 is 0 Å². The van der Waals surface area contributed by atoms with Crippen molar-refractivity contribution < 1.29 is 9.59 Å². The number of nitrogens with one attached hydrogen (secondary N) is 1. The zero-order valence-corrected chi connectivity index (χ0v) is 11.7. The van der Waals surface area contributed by atoms with Gasteiger partial charge < -0.3 is 10.2 Å². The number of nitrogens with zero attached hydrogens (tertiary/aromatic N) is 1. The second kappa shape index (κ2) is 5.14. The molecule has 1 saturated heterocycles. The van der Waals surface area contributed by atoms with Gasteiger partial charge in [-0.25, -0.2) is 0 Å². The van der Waals surface area contributed by atoms with Gasteiger partial charge in [-0.05, 0) is 43.9 Å². The molecule has 3 aliphatic rings. The maximum atomic E-state index is 12.5. The Kier molecular flexibility index (Phi) is 3.50. The van der Waals surface area contributed by atoms with Crippen LogP contribution < -0.4 is 5.32 Å². The number of carbonyl (C=O) groups is 2. The van der Waals surface area contributed by atoms with Crippen molar-refractivity contribution in [2.45, 2.75) is 64.0 Å². The Morgan fingerprint density at radius 3 is 2.53 bits per heavy atom. The first kappa shape index (κ1) is 12.9. The smallest absolute Gasteiger partial charge is 0.246 e. The Bertz CT molecular complexity index is 374. The molecule has 2 unspecified atom stereocenters. The van der Waals surface area contributed by atoms with Gasteiger partial charge in [0.25, 0.3) is 0 Å². The third-order valence-corrected chi connectivity index (χ3v) is 4.71. The van der Waals surface area contributed by atoms with E-state index in [0.717, 1.165) is 38.1 Å². The van der Waals surface area contributed by atoms with Crippen LogP contribution in [0, 0.1) is 11.8 Å². The van der Waals surface area contributed by atoms with Crippen LogP contribution in [-0.4, -0.2) is 35.3 Å². The number of hydrogen-bond donors (Lipinski definition) is 1. The van der Waals surface area contributed by atoms with Gasteiger partial charge in [-0.15, -0.1) is 0 Å². The van der Waals surface area contributed by atoms with E-state index in [1.54, 1.807) is 0 Å². The lowest BCUT2D eigenvalue weighted by molar-refractivity contribution is -0.150. The number of piperazine rings is 1.